The van der Waals surface area contributed by atoms with Crippen LogP contribution in [0.25, 0.3) is 0 Å². The number of carboxylic acids is 1. The van der Waals surface area contributed by atoms with Crippen molar-refractivity contribution in [3.05, 3.63) is 30.1 Å². The molecule has 1 aromatic rings. The normalized spacial score (nSPS) is 13.0. The van der Waals surface area contributed by atoms with Crippen molar-refractivity contribution >= 4 is 50.7 Å². The fraction of sp³-hybridized carbons (Fsp3) is 0.538. The monoisotopic (exact) mass is 453 g/mol. The molecule has 0 saturated carbocycles. The summed E-state index contributed by atoms with van der Waals surface area (Å²) in [5.74, 6) is -0.933. The first-order chi connectivity index (χ1) is 12.3. The van der Waals surface area contributed by atoms with Crippen molar-refractivity contribution in [2.75, 3.05) is 6.54 Å². The molecule has 1 aromatic heterocycles. The van der Waals surface area contributed by atoms with Crippen molar-refractivity contribution in [1.29, 1.82) is 0 Å². The van der Waals surface area contributed by atoms with E-state index in [4.69, 9.17) is 36.1 Å². The summed E-state index contributed by atoms with van der Waals surface area (Å²) in [7, 11) is -10.8. The molecule has 0 aliphatic rings. The molecule has 1 heterocycles. The fourth-order valence-electron chi connectivity index (χ4n) is 1.78. The van der Waals surface area contributed by atoms with Gasteiger partial charge in [0.25, 0.3) is 5.08 Å². The van der Waals surface area contributed by atoms with Crippen LogP contribution in [0.3, 0.4) is 0 Å². The van der Waals surface area contributed by atoms with Crippen LogP contribution >= 0.6 is 15.2 Å². The fourth-order valence-corrected chi connectivity index (χ4v) is 3.92. The molecule has 0 unspecified atom stereocenters. The zero-order valence-corrected chi connectivity index (χ0v) is 16.1. The number of pyridine rings is 1. The van der Waals surface area contributed by atoms with Crippen LogP contribution in [0.2, 0.25) is 0 Å². The van der Waals surface area contributed by atoms with Gasteiger partial charge in [-0.15, -0.1) is 0 Å². The average molecular weight is 453 g/mol. The van der Waals surface area contributed by atoms with E-state index in [1.807, 2.05) is 0 Å². The van der Waals surface area contributed by atoms with Gasteiger partial charge in [-0.25, -0.2) is 0 Å². The Morgan fingerprint density at radius 2 is 1.71 bits per heavy atom. The van der Waals surface area contributed by atoms with Gasteiger partial charge in [-0.1, -0.05) is 12.5 Å². The van der Waals surface area contributed by atoms with E-state index in [0.717, 1.165) is 19.0 Å². The Morgan fingerprint density at radius 3 is 2.07 bits per heavy atom. The Morgan fingerprint density at radius 1 is 1.18 bits per heavy atom. The second kappa shape index (κ2) is 13.2. The number of unbranched alkanes of at least 4 members (excludes halogenated alkanes) is 1. The quantitative estimate of drug-likeness (QED) is 0.121. The topological polar surface area (TPSA) is 238 Å². The Bertz CT molecular complexity index is 661. The van der Waals surface area contributed by atoms with Crippen LogP contribution in [-0.4, -0.2) is 88.0 Å². The molecule has 0 aromatic carbocycles. The average Bonchev–Trinajstić information content (AvgIpc) is 2.54. The number of nitrogens with zero attached hydrogens (tertiary/aromatic N) is 1. The molecule has 0 spiro atoms. The van der Waals surface area contributed by atoms with E-state index >= 15 is 0 Å². The Kier molecular flexibility index (Phi) is 14.1. The van der Waals surface area contributed by atoms with E-state index in [0.29, 0.717) is 13.0 Å². The van der Waals surface area contributed by atoms with Gasteiger partial charge in [0.2, 0.25) is 0 Å². The van der Waals surface area contributed by atoms with Gasteiger partial charge in [0.05, 0.1) is 0 Å². The van der Waals surface area contributed by atoms with Crippen LogP contribution in [0.15, 0.2) is 24.5 Å². The number of nitrogens with two attached hydrogens (primary N) is 2. The van der Waals surface area contributed by atoms with Crippen LogP contribution in [0.4, 0.5) is 0 Å². The Hall–Kier alpha value is -0.200. The molecule has 0 bridgehead atoms. The zero-order chi connectivity index (χ0) is 21.3. The van der Waals surface area contributed by atoms with Crippen LogP contribution in [0.1, 0.15) is 24.8 Å². The second-order valence-electron chi connectivity index (χ2n) is 5.63. The van der Waals surface area contributed by atoms with Crippen molar-refractivity contribution in [3.63, 3.8) is 0 Å². The van der Waals surface area contributed by atoms with Crippen molar-refractivity contribution in [3.8, 4) is 0 Å². The SMILES string of the molecule is NCCCC[C@H](N)C(=O)O.O=P(O)(O)C(O)(Cc1cccnc1)P(=O)(O)O.[NaH]. The second-order valence-corrected chi connectivity index (χ2v) is 9.64. The van der Waals surface area contributed by atoms with E-state index in [1.165, 1.54) is 18.3 Å². The number of hydrogen-bond acceptors (Lipinski definition) is 7. The maximum atomic E-state index is 11.0. The number of rotatable bonds is 9. The molecule has 1 atom stereocenters. The third-order valence-electron chi connectivity index (χ3n) is 3.38. The molecule has 1 rings (SSSR count). The Labute approximate surface area is 184 Å². The molecule has 10 N–H and O–H groups in total. The van der Waals surface area contributed by atoms with Crippen molar-refractivity contribution in [1.82, 2.24) is 4.98 Å². The molecule has 0 fully saturated rings. The number of carbonyl (C=O) groups is 1. The van der Waals surface area contributed by atoms with Gasteiger partial charge in [0.1, 0.15) is 6.04 Å². The Balaban J connectivity index is 0. The standard InChI is InChI=1S/C7H11NO7P2.C6H14N2O2.Na.H/c9-7(16(10,11)12,17(13,14)15)4-6-2-1-3-8-5-6;7-4-2-1-3-5(8)6(9)10;;/h1-3,5,9H,4H2,(H2,10,11,12)(H2,13,14,15);5H,1-4,7-8H2,(H,9,10);;/t;5-;;/m.0../s1. The van der Waals surface area contributed by atoms with E-state index in [-0.39, 0.29) is 35.1 Å². The van der Waals surface area contributed by atoms with Gasteiger partial charge < -0.3 is 41.3 Å². The van der Waals surface area contributed by atoms with Gasteiger partial charge in [0.15, 0.2) is 0 Å². The van der Waals surface area contributed by atoms with E-state index in [1.54, 1.807) is 0 Å². The van der Waals surface area contributed by atoms with Gasteiger partial charge in [-0.05, 0) is 31.0 Å². The molecule has 0 radical (unpaired) electrons. The van der Waals surface area contributed by atoms with Crippen molar-refractivity contribution in [2.24, 2.45) is 11.5 Å². The number of hydrogen-bond donors (Lipinski definition) is 8. The minimum atomic E-state index is -5.41. The minimum absolute atomic E-state index is 0. The van der Waals surface area contributed by atoms with Crippen LogP contribution in [-0.2, 0) is 20.3 Å². The summed E-state index contributed by atoms with van der Waals surface area (Å²) in [5, 5.41) is 14.5. The zero-order valence-electron chi connectivity index (χ0n) is 14.3. The van der Waals surface area contributed by atoms with Crippen molar-refractivity contribution in [2.45, 2.75) is 36.8 Å². The van der Waals surface area contributed by atoms with E-state index in [2.05, 4.69) is 4.98 Å². The summed E-state index contributed by atoms with van der Waals surface area (Å²) >= 11 is 0. The molecule has 12 nitrogen and oxygen atoms in total. The third-order valence-corrected chi connectivity index (χ3v) is 7.13. The first-order valence-electron chi connectivity index (χ1n) is 7.67. The predicted octanol–water partition coefficient (Wildman–Crippen LogP) is -1.50. The van der Waals surface area contributed by atoms with Gasteiger partial charge >= 0.3 is 50.7 Å². The maximum absolute atomic E-state index is 11.0. The van der Waals surface area contributed by atoms with E-state index in [9.17, 15) is 19.0 Å². The van der Waals surface area contributed by atoms with E-state index < -0.39 is 38.7 Å². The third kappa shape index (κ3) is 10.0. The van der Waals surface area contributed by atoms with Gasteiger partial charge in [-0.3, -0.25) is 18.9 Å². The summed E-state index contributed by atoms with van der Waals surface area (Å²) < 4.78 is 22.1. The molecular formula is C13H26N3NaO9P2. The number of aliphatic carboxylic acids is 1. The van der Waals surface area contributed by atoms with Gasteiger partial charge in [0, 0.05) is 18.8 Å². The summed E-state index contributed by atoms with van der Waals surface area (Å²) in [6.45, 7) is 0.604. The molecule has 0 aliphatic heterocycles. The molecule has 15 heteroatoms. The molecule has 0 saturated heterocycles. The van der Waals surface area contributed by atoms with Crippen LogP contribution in [0, 0.1) is 0 Å². The molecule has 0 amide bonds. The van der Waals surface area contributed by atoms with Gasteiger partial charge in [-0.2, -0.15) is 0 Å². The summed E-state index contributed by atoms with van der Waals surface area (Å²) in [6.07, 6.45) is 3.79. The first kappa shape index (κ1) is 30.0. The summed E-state index contributed by atoms with van der Waals surface area (Å²) in [6, 6.07) is 2.03. The number of carboxylic acid groups (broad SMARTS) is 1. The number of aliphatic hydroxyl groups is 1. The summed E-state index contributed by atoms with van der Waals surface area (Å²) in [5.41, 5.74) is 10.5. The summed E-state index contributed by atoms with van der Waals surface area (Å²) in [4.78, 5) is 49.3. The van der Waals surface area contributed by atoms with Crippen LogP contribution < -0.4 is 11.5 Å². The predicted molar refractivity (Wildman–Crippen MR) is 103 cm³/mol. The van der Waals surface area contributed by atoms with Crippen LogP contribution in [0.5, 0.6) is 0 Å². The molecular weight excluding hydrogens is 427 g/mol. The molecule has 158 valence electrons. The first-order valence-corrected chi connectivity index (χ1v) is 10.9. The molecule has 28 heavy (non-hydrogen) atoms. The molecule has 0 aliphatic carbocycles. The number of aromatic nitrogens is 1. The van der Waals surface area contributed by atoms with Crippen molar-refractivity contribution < 1.29 is 43.7 Å².